The fourth-order valence-corrected chi connectivity index (χ4v) is 7.57. The molecule has 4 aromatic rings. The van der Waals surface area contributed by atoms with Crippen molar-refractivity contribution in [1.82, 2.24) is 0 Å². The van der Waals surface area contributed by atoms with Crippen molar-refractivity contribution in [3.05, 3.63) is 94.9 Å². The summed E-state index contributed by atoms with van der Waals surface area (Å²) in [6, 6.07) is 20.0. The highest BCUT2D eigenvalue weighted by atomic mass is 32.2. The Balaban J connectivity index is 1.49. The van der Waals surface area contributed by atoms with Crippen molar-refractivity contribution in [3.8, 4) is 0 Å². The van der Waals surface area contributed by atoms with E-state index in [1.54, 1.807) is 24.3 Å². The van der Waals surface area contributed by atoms with E-state index < -0.39 is 16.5 Å². The maximum Gasteiger partial charge on any atom is 0.393 e. The second kappa shape index (κ2) is 10.4. The first-order valence-electron chi connectivity index (χ1n) is 11.5. The number of thioether (sulfide) groups is 1. The quantitative estimate of drug-likeness (QED) is 0.155. The summed E-state index contributed by atoms with van der Waals surface area (Å²) in [5, 5.41) is 0.832. The minimum Gasteiger partial charge on any atom is -0.419 e. The van der Waals surface area contributed by atoms with Gasteiger partial charge in [-0.2, -0.15) is 0 Å². The van der Waals surface area contributed by atoms with Crippen LogP contribution in [0.4, 0.5) is 8.78 Å². The van der Waals surface area contributed by atoms with Crippen LogP contribution < -0.4 is 5.63 Å². The van der Waals surface area contributed by atoms with Gasteiger partial charge in [-0.3, -0.25) is 0 Å². The third kappa shape index (κ3) is 5.23. The van der Waals surface area contributed by atoms with Gasteiger partial charge < -0.3 is 4.42 Å². The van der Waals surface area contributed by atoms with E-state index in [9.17, 15) is 13.6 Å². The van der Waals surface area contributed by atoms with E-state index in [0.717, 1.165) is 31.7 Å². The second-order valence-corrected chi connectivity index (χ2v) is 11.7. The lowest BCUT2D eigenvalue weighted by Gasteiger charge is -2.20. The van der Waals surface area contributed by atoms with Crippen molar-refractivity contribution in [1.29, 1.82) is 0 Å². The van der Waals surface area contributed by atoms with Gasteiger partial charge in [-0.05, 0) is 85.5 Å². The van der Waals surface area contributed by atoms with Gasteiger partial charge in [0.2, 0.25) is 0 Å². The standard InChI is InChI=1S/C28H25F2O2S2/c29-21-7-12-24(13-8-21)34(25-14-9-22(30)10-15-25)27-16-20-6-11-23(17-26(20)32-28(27)31)33-18-19-4-2-1-3-5-19/h6-17,19H,1-5,18H2/q+1. The first-order valence-corrected chi connectivity index (χ1v) is 13.7. The summed E-state index contributed by atoms with van der Waals surface area (Å²) in [4.78, 5) is 16.3. The molecule has 34 heavy (non-hydrogen) atoms. The summed E-state index contributed by atoms with van der Waals surface area (Å²) in [5.74, 6) is 1.15. The van der Waals surface area contributed by atoms with Gasteiger partial charge >= 0.3 is 5.63 Å². The lowest BCUT2D eigenvalue weighted by atomic mass is 9.91. The molecule has 1 aromatic heterocycles. The summed E-state index contributed by atoms with van der Waals surface area (Å²) in [5.41, 5.74) is 0.128. The van der Waals surface area contributed by atoms with Crippen molar-refractivity contribution in [2.45, 2.75) is 51.7 Å². The molecule has 0 aliphatic heterocycles. The molecule has 0 bridgehead atoms. The summed E-state index contributed by atoms with van der Waals surface area (Å²) in [6.07, 6.45) is 6.60. The molecule has 0 amide bonds. The van der Waals surface area contributed by atoms with Gasteiger partial charge in [0.05, 0.1) is 0 Å². The van der Waals surface area contributed by atoms with Crippen LogP contribution >= 0.6 is 11.8 Å². The number of halogens is 2. The van der Waals surface area contributed by atoms with E-state index >= 15 is 0 Å². The molecule has 0 N–H and O–H groups in total. The van der Waals surface area contributed by atoms with Crippen LogP contribution in [0, 0.1) is 17.6 Å². The Morgan fingerprint density at radius 1 is 0.824 bits per heavy atom. The molecule has 1 fully saturated rings. The topological polar surface area (TPSA) is 30.2 Å². The van der Waals surface area contributed by atoms with Crippen LogP contribution in [0.1, 0.15) is 32.1 Å². The number of hydrogen-bond donors (Lipinski definition) is 0. The Kier molecular flexibility index (Phi) is 7.07. The van der Waals surface area contributed by atoms with Crippen molar-refractivity contribution in [2.75, 3.05) is 5.75 Å². The number of benzene rings is 3. The van der Waals surface area contributed by atoms with Crippen LogP contribution in [-0.2, 0) is 10.9 Å². The zero-order valence-electron chi connectivity index (χ0n) is 18.6. The summed E-state index contributed by atoms with van der Waals surface area (Å²) in [7, 11) is -0.856. The number of rotatable bonds is 6. The van der Waals surface area contributed by atoms with Gasteiger partial charge in [0.15, 0.2) is 9.79 Å². The molecule has 2 nitrogen and oxygen atoms in total. The van der Waals surface area contributed by atoms with Crippen molar-refractivity contribution < 1.29 is 13.2 Å². The predicted molar refractivity (Wildman–Crippen MR) is 135 cm³/mol. The van der Waals surface area contributed by atoms with Crippen molar-refractivity contribution in [2.24, 2.45) is 5.92 Å². The Morgan fingerprint density at radius 3 is 2.06 bits per heavy atom. The first kappa shape index (κ1) is 23.2. The number of hydrogen-bond acceptors (Lipinski definition) is 3. The van der Waals surface area contributed by atoms with E-state index in [1.165, 1.54) is 56.4 Å². The molecule has 0 radical (unpaired) electrons. The van der Waals surface area contributed by atoms with E-state index in [0.29, 0.717) is 10.5 Å². The van der Waals surface area contributed by atoms with Gasteiger partial charge in [-0.15, -0.1) is 11.8 Å². The Bertz CT molecular complexity index is 1280. The largest absolute Gasteiger partial charge is 0.419 e. The molecule has 0 atom stereocenters. The maximum atomic E-state index is 13.6. The average Bonchev–Trinajstić information content (AvgIpc) is 2.86. The fraction of sp³-hybridized carbons (Fsp3) is 0.250. The molecule has 6 heteroatoms. The smallest absolute Gasteiger partial charge is 0.393 e. The van der Waals surface area contributed by atoms with Gasteiger partial charge in [-0.25, -0.2) is 13.6 Å². The SMILES string of the molecule is O=c1oc2cc(SCC3CCCCC3)ccc2cc1[S+](c1ccc(F)cc1)c1ccc(F)cc1. The first-order chi connectivity index (χ1) is 16.6. The summed E-state index contributed by atoms with van der Waals surface area (Å²) in [6.45, 7) is 0. The lowest BCUT2D eigenvalue weighted by Crippen LogP contribution is -2.15. The predicted octanol–water partition coefficient (Wildman–Crippen LogP) is 7.84. The van der Waals surface area contributed by atoms with E-state index in [4.69, 9.17) is 4.42 Å². The highest BCUT2D eigenvalue weighted by Gasteiger charge is 2.33. The van der Waals surface area contributed by atoms with Crippen LogP contribution in [-0.4, -0.2) is 5.75 Å². The molecule has 1 aliphatic carbocycles. The maximum absolute atomic E-state index is 13.6. The zero-order valence-corrected chi connectivity index (χ0v) is 20.3. The normalized spacial score (nSPS) is 14.7. The molecule has 5 rings (SSSR count). The molecule has 3 aromatic carbocycles. The molecule has 0 spiro atoms. The second-order valence-electron chi connectivity index (χ2n) is 8.63. The molecule has 174 valence electrons. The molecule has 1 heterocycles. The van der Waals surface area contributed by atoms with Crippen LogP contribution in [0.15, 0.2) is 102 Å². The molecule has 1 aliphatic rings. The third-order valence-corrected chi connectivity index (χ3v) is 9.64. The van der Waals surface area contributed by atoms with E-state index in [1.807, 2.05) is 30.0 Å². The zero-order chi connectivity index (χ0) is 23.5. The van der Waals surface area contributed by atoms with Crippen LogP contribution in [0.25, 0.3) is 11.0 Å². The third-order valence-electron chi connectivity index (χ3n) is 6.20. The minimum absolute atomic E-state index is 0.352. The Morgan fingerprint density at radius 2 is 1.44 bits per heavy atom. The number of fused-ring (bicyclic) bond motifs is 1. The minimum atomic E-state index is -0.856. The van der Waals surface area contributed by atoms with Crippen LogP contribution in [0.3, 0.4) is 0 Å². The molecule has 0 saturated heterocycles. The van der Waals surface area contributed by atoms with Crippen LogP contribution in [0.5, 0.6) is 0 Å². The monoisotopic (exact) mass is 495 g/mol. The summed E-state index contributed by atoms with van der Waals surface area (Å²) < 4.78 is 33.0. The highest BCUT2D eigenvalue weighted by Crippen LogP contribution is 2.34. The average molecular weight is 496 g/mol. The molecule has 0 unspecified atom stereocenters. The van der Waals surface area contributed by atoms with Crippen molar-refractivity contribution >= 4 is 33.6 Å². The molecule has 1 saturated carbocycles. The molecular formula is C28H25F2O2S2+. The van der Waals surface area contributed by atoms with Crippen molar-refractivity contribution in [3.63, 3.8) is 0 Å². The fourth-order valence-electron chi connectivity index (χ4n) is 4.40. The van der Waals surface area contributed by atoms with E-state index in [-0.39, 0.29) is 11.6 Å². The molecular weight excluding hydrogens is 470 g/mol. The van der Waals surface area contributed by atoms with Gasteiger partial charge in [0.25, 0.3) is 4.90 Å². The Hall–Kier alpha value is -2.57. The summed E-state index contributed by atoms with van der Waals surface area (Å²) >= 11 is 1.82. The highest BCUT2D eigenvalue weighted by molar-refractivity contribution is 7.99. The van der Waals surface area contributed by atoms with Crippen LogP contribution in [0.2, 0.25) is 0 Å². The Labute approximate surface area is 204 Å². The van der Waals surface area contributed by atoms with E-state index in [2.05, 4.69) is 6.07 Å². The van der Waals surface area contributed by atoms with Gasteiger partial charge in [-0.1, -0.05) is 19.3 Å². The van der Waals surface area contributed by atoms with Gasteiger partial charge in [0, 0.05) is 22.1 Å². The van der Waals surface area contributed by atoms with Gasteiger partial charge in [0.1, 0.15) is 28.1 Å². The lowest BCUT2D eigenvalue weighted by molar-refractivity contribution is 0.391.